The summed E-state index contributed by atoms with van der Waals surface area (Å²) >= 11 is 0. The number of nitrogens with zero attached hydrogens (tertiary/aromatic N) is 2. The van der Waals surface area contributed by atoms with Gasteiger partial charge in [0.15, 0.2) is 5.79 Å². The van der Waals surface area contributed by atoms with Crippen LogP contribution in [0.1, 0.15) is 31.2 Å². The predicted octanol–water partition coefficient (Wildman–Crippen LogP) is 1.93. The zero-order valence-electron chi connectivity index (χ0n) is 13.2. The first-order valence-electron chi connectivity index (χ1n) is 7.88. The van der Waals surface area contributed by atoms with Crippen LogP contribution >= 0.6 is 0 Å². The number of hydrogen-bond acceptors (Lipinski definition) is 7. The highest BCUT2D eigenvalue weighted by Crippen LogP contribution is 2.41. The molecule has 1 aromatic carbocycles. The second-order valence-corrected chi connectivity index (χ2v) is 6.31. The Kier molecular flexibility index (Phi) is 4.41. The first-order chi connectivity index (χ1) is 11.5. The summed E-state index contributed by atoms with van der Waals surface area (Å²) < 4.78 is 11.3. The van der Waals surface area contributed by atoms with Crippen LogP contribution < -0.4 is 5.32 Å². The molecule has 1 saturated carbocycles. The van der Waals surface area contributed by atoms with E-state index in [0.29, 0.717) is 37.3 Å². The van der Waals surface area contributed by atoms with Crippen LogP contribution in [0.4, 0.5) is 11.4 Å². The number of nitro benzene ring substituents is 1. The highest BCUT2D eigenvalue weighted by atomic mass is 16.7. The zero-order valence-corrected chi connectivity index (χ0v) is 13.2. The largest absolute Gasteiger partial charge is 0.388 e. The van der Waals surface area contributed by atoms with Gasteiger partial charge in [-0.15, -0.1) is 0 Å². The highest BCUT2D eigenvalue weighted by Gasteiger charge is 2.47. The third-order valence-corrected chi connectivity index (χ3v) is 4.55. The van der Waals surface area contributed by atoms with Crippen molar-refractivity contribution < 1.29 is 19.5 Å². The monoisotopic (exact) mass is 333 g/mol. The van der Waals surface area contributed by atoms with Gasteiger partial charge in [-0.2, -0.15) is 5.26 Å². The minimum Gasteiger partial charge on any atom is -0.388 e. The first-order valence-corrected chi connectivity index (χ1v) is 7.88. The number of nitriles is 1. The molecule has 1 aliphatic carbocycles. The number of benzene rings is 1. The Morgan fingerprint density at radius 1 is 1.38 bits per heavy atom. The number of aliphatic hydroxyl groups is 1. The fourth-order valence-electron chi connectivity index (χ4n) is 3.41. The molecule has 1 saturated heterocycles. The molecule has 2 aliphatic rings. The van der Waals surface area contributed by atoms with E-state index in [9.17, 15) is 15.2 Å². The molecule has 128 valence electrons. The zero-order chi connectivity index (χ0) is 17.2. The summed E-state index contributed by atoms with van der Waals surface area (Å²) in [6.45, 7) is 1.21. The second-order valence-electron chi connectivity index (χ2n) is 6.31. The fourth-order valence-corrected chi connectivity index (χ4v) is 3.41. The lowest BCUT2D eigenvalue weighted by Gasteiger charge is -2.41. The summed E-state index contributed by atoms with van der Waals surface area (Å²) in [5.74, 6) is -0.727. The van der Waals surface area contributed by atoms with Crippen molar-refractivity contribution in [2.75, 3.05) is 25.1 Å². The quantitative estimate of drug-likeness (QED) is 0.638. The normalized spacial score (nSPS) is 25.3. The summed E-state index contributed by atoms with van der Waals surface area (Å²) in [5.41, 5.74) is -0.526. The van der Waals surface area contributed by atoms with Crippen LogP contribution in [0.15, 0.2) is 18.2 Å². The van der Waals surface area contributed by atoms with E-state index in [1.54, 1.807) is 0 Å². The van der Waals surface area contributed by atoms with Crippen LogP contribution in [0.5, 0.6) is 0 Å². The van der Waals surface area contributed by atoms with E-state index >= 15 is 0 Å². The van der Waals surface area contributed by atoms with Crippen LogP contribution in [0.3, 0.4) is 0 Å². The predicted molar refractivity (Wildman–Crippen MR) is 84.4 cm³/mol. The van der Waals surface area contributed by atoms with E-state index < -0.39 is 16.3 Å². The topological polar surface area (TPSA) is 118 Å². The Balaban J connectivity index is 1.74. The fraction of sp³-hybridized carbons (Fsp3) is 0.562. The molecule has 0 amide bonds. The summed E-state index contributed by atoms with van der Waals surface area (Å²) in [6, 6.07) is 5.99. The molecule has 1 aromatic rings. The number of rotatable bonds is 4. The van der Waals surface area contributed by atoms with Gasteiger partial charge >= 0.3 is 0 Å². The average molecular weight is 333 g/mol. The van der Waals surface area contributed by atoms with Crippen molar-refractivity contribution in [3.63, 3.8) is 0 Å². The van der Waals surface area contributed by atoms with Crippen LogP contribution in [0.2, 0.25) is 0 Å². The summed E-state index contributed by atoms with van der Waals surface area (Å²) in [6.07, 6.45) is 2.42. The van der Waals surface area contributed by atoms with Crippen LogP contribution in [0.25, 0.3) is 0 Å². The molecule has 1 unspecified atom stereocenters. The number of hydrogen-bond donors (Lipinski definition) is 2. The molecular formula is C16H19N3O5. The van der Waals surface area contributed by atoms with Crippen molar-refractivity contribution in [1.82, 2.24) is 0 Å². The van der Waals surface area contributed by atoms with Crippen molar-refractivity contribution in [3.05, 3.63) is 33.9 Å². The lowest BCUT2D eigenvalue weighted by molar-refractivity contribution is -0.384. The molecule has 8 nitrogen and oxygen atoms in total. The Bertz CT molecular complexity index is 681. The van der Waals surface area contributed by atoms with Crippen molar-refractivity contribution >= 4 is 11.4 Å². The van der Waals surface area contributed by atoms with Crippen LogP contribution in [0, 0.1) is 21.4 Å². The summed E-state index contributed by atoms with van der Waals surface area (Å²) in [4.78, 5) is 10.4. The number of nitrogens with one attached hydrogen (secondary N) is 1. The van der Waals surface area contributed by atoms with E-state index in [1.807, 2.05) is 6.07 Å². The molecule has 1 aliphatic heterocycles. The molecule has 0 bridgehead atoms. The maximum atomic E-state index is 10.9. The molecule has 1 heterocycles. The van der Waals surface area contributed by atoms with Gasteiger partial charge in [0.1, 0.15) is 6.07 Å². The van der Waals surface area contributed by atoms with Crippen molar-refractivity contribution in [2.45, 2.75) is 37.1 Å². The Labute approximate surface area is 139 Å². The van der Waals surface area contributed by atoms with Gasteiger partial charge in [0.2, 0.25) is 0 Å². The second kappa shape index (κ2) is 6.36. The van der Waals surface area contributed by atoms with Crippen LogP contribution in [-0.4, -0.2) is 41.2 Å². The molecule has 0 radical (unpaired) electrons. The van der Waals surface area contributed by atoms with Gasteiger partial charge in [0.25, 0.3) is 5.69 Å². The minimum absolute atomic E-state index is 0.105. The molecule has 1 atom stereocenters. The number of non-ortho nitro benzene ring substituents is 1. The maximum Gasteiger partial charge on any atom is 0.271 e. The van der Waals surface area contributed by atoms with E-state index in [2.05, 4.69) is 5.32 Å². The third kappa shape index (κ3) is 3.33. The van der Waals surface area contributed by atoms with E-state index in [4.69, 9.17) is 14.7 Å². The van der Waals surface area contributed by atoms with Gasteiger partial charge in [-0.3, -0.25) is 10.1 Å². The van der Waals surface area contributed by atoms with Gasteiger partial charge in [0, 0.05) is 31.5 Å². The summed E-state index contributed by atoms with van der Waals surface area (Å²) in [7, 11) is 0. The number of anilines is 1. The standard InChI is InChI=1S/C16H19N3O5/c17-9-12-2-3-13(19(21)22)8-14(12)18-11-15(20)4-1-5-16(10-15)23-6-7-24-16/h2-3,8,18,20H,1,4-7,10-11H2. The van der Waals surface area contributed by atoms with E-state index in [0.717, 1.165) is 12.8 Å². The lowest BCUT2D eigenvalue weighted by Crippen LogP contribution is -2.50. The number of ether oxygens (including phenoxy) is 2. The molecule has 24 heavy (non-hydrogen) atoms. The van der Waals surface area contributed by atoms with Gasteiger partial charge in [-0.05, 0) is 18.9 Å². The Hall–Kier alpha value is -2.21. The van der Waals surface area contributed by atoms with Gasteiger partial charge in [-0.25, -0.2) is 0 Å². The lowest BCUT2D eigenvalue weighted by atomic mass is 9.80. The third-order valence-electron chi connectivity index (χ3n) is 4.55. The van der Waals surface area contributed by atoms with Crippen molar-refractivity contribution in [3.8, 4) is 6.07 Å². The minimum atomic E-state index is -1.06. The Morgan fingerprint density at radius 2 is 2.12 bits per heavy atom. The number of nitro groups is 1. The van der Waals surface area contributed by atoms with Crippen LogP contribution in [-0.2, 0) is 9.47 Å². The van der Waals surface area contributed by atoms with Gasteiger partial charge in [0.05, 0.1) is 35.0 Å². The SMILES string of the molecule is N#Cc1ccc([N+](=O)[O-])cc1NCC1(O)CCCC2(C1)OCCO2. The van der Waals surface area contributed by atoms with Crippen molar-refractivity contribution in [2.24, 2.45) is 0 Å². The highest BCUT2D eigenvalue weighted by molar-refractivity contribution is 5.62. The molecule has 2 N–H and O–H groups in total. The smallest absolute Gasteiger partial charge is 0.271 e. The maximum absolute atomic E-state index is 10.9. The van der Waals surface area contributed by atoms with E-state index in [1.165, 1.54) is 18.2 Å². The molecule has 2 fully saturated rings. The molecule has 1 spiro atoms. The molecule has 8 heteroatoms. The average Bonchev–Trinajstić information content (AvgIpc) is 3.00. The van der Waals surface area contributed by atoms with Gasteiger partial charge in [-0.1, -0.05) is 0 Å². The van der Waals surface area contributed by atoms with Crippen molar-refractivity contribution in [1.29, 1.82) is 5.26 Å². The summed E-state index contributed by atoms with van der Waals surface area (Å²) in [5, 5.41) is 33.9. The molecular weight excluding hydrogens is 314 g/mol. The Morgan fingerprint density at radius 3 is 2.79 bits per heavy atom. The van der Waals surface area contributed by atoms with Gasteiger partial charge < -0.3 is 19.9 Å². The molecule has 0 aromatic heterocycles. The molecule has 3 rings (SSSR count). The van der Waals surface area contributed by atoms with E-state index in [-0.39, 0.29) is 12.2 Å². The first kappa shape index (κ1) is 16.6.